The van der Waals surface area contributed by atoms with Gasteiger partial charge in [0, 0.05) is 0 Å². The Labute approximate surface area is 147 Å². The Morgan fingerprint density at radius 2 is 1.96 bits per heavy atom. The van der Waals surface area contributed by atoms with Gasteiger partial charge in [-0.2, -0.15) is 4.91 Å². The van der Waals surface area contributed by atoms with Crippen LogP contribution in [0.4, 0.5) is 4.39 Å². The van der Waals surface area contributed by atoms with E-state index in [1.807, 2.05) is 32.3 Å². The summed E-state index contributed by atoms with van der Waals surface area (Å²) >= 11 is 0. The molecule has 0 aliphatic carbocycles. The third-order valence-corrected chi connectivity index (χ3v) is 4.77. The molecular formula is C20H23FN2O2. The summed E-state index contributed by atoms with van der Waals surface area (Å²) in [5.74, 6) is -0.252. The van der Waals surface area contributed by atoms with E-state index in [0.29, 0.717) is 6.61 Å². The second-order valence-electron chi connectivity index (χ2n) is 6.81. The van der Waals surface area contributed by atoms with Gasteiger partial charge in [0.1, 0.15) is 18.0 Å². The first-order valence-electron chi connectivity index (χ1n) is 8.51. The summed E-state index contributed by atoms with van der Waals surface area (Å²) in [5, 5.41) is 2.97. The Morgan fingerprint density at radius 3 is 2.64 bits per heavy atom. The molecule has 4 nitrogen and oxygen atoms in total. The molecule has 0 saturated carbocycles. The van der Waals surface area contributed by atoms with Crippen LogP contribution < -0.4 is 0 Å². The van der Waals surface area contributed by atoms with Crippen molar-refractivity contribution in [2.24, 2.45) is 5.18 Å². The van der Waals surface area contributed by atoms with Crippen LogP contribution in [0, 0.1) is 10.7 Å². The molecule has 2 aromatic rings. The molecule has 0 fully saturated rings. The Bertz CT molecular complexity index is 746. The SMILES string of the molecule is CN(C)CCCC1(c2ccc(F)cc2)OCc2cc(CN=O)ccc21. The van der Waals surface area contributed by atoms with Crippen molar-refractivity contribution in [3.05, 3.63) is 75.4 Å². The molecule has 3 rings (SSSR count). The molecule has 0 N–H and O–H groups in total. The second kappa shape index (κ2) is 7.42. The number of hydrogen-bond donors (Lipinski definition) is 0. The van der Waals surface area contributed by atoms with E-state index in [4.69, 9.17) is 4.74 Å². The number of fused-ring (bicyclic) bond motifs is 1. The van der Waals surface area contributed by atoms with Crippen LogP contribution in [-0.2, 0) is 23.5 Å². The van der Waals surface area contributed by atoms with E-state index in [-0.39, 0.29) is 12.4 Å². The number of halogens is 1. The zero-order chi connectivity index (χ0) is 17.9. The van der Waals surface area contributed by atoms with Gasteiger partial charge in [0.15, 0.2) is 0 Å². The maximum Gasteiger partial charge on any atom is 0.123 e. The van der Waals surface area contributed by atoms with Crippen LogP contribution in [0.15, 0.2) is 47.6 Å². The molecule has 132 valence electrons. The number of ether oxygens (including phenoxy) is 1. The zero-order valence-corrected chi connectivity index (χ0v) is 14.7. The molecular weight excluding hydrogens is 319 g/mol. The van der Waals surface area contributed by atoms with Gasteiger partial charge >= 0.3 is 0 Å². The maximum absolute atomic E-state index is 13.4. The first-order valence-corrected chi connectivity index (χ1v) is 8.51. The molecule has 1 heterocycles. The average molecular weight is 342 g/mol. The first-order chi connectivity index (χ1) is 12.0. The fraction of sp³-hybridized carbons (Fsp3) is 0.400. The lowest BCUT2D eigenvalue weighted by Crippen LogP contribution is -2.28. The van der Waals surface area contributed by atoms with Gasteiger partial charge in [-0.3, -0.25) is 0 Å². The van der Waals surface area contributed by atoms with Gasteiger partial charge in [0.05, 0.1) is 6.61 Å². The van der Waals surface area contributed by atoms with Crippen molar-refractivity contribution in [2.45, 2.75) is 31.6 Å². The highest BCUT2D eigenvalue weighted by Crippen LogP contribution is 2.45. The fourth-order valence-electron chi connectivity index (χ4n) is 3.57. The minimum Gasteiger partial charge on any atom is -0.361 e. The zero-order valence-electron chi connectivity index (χ0n) is 14.7. The maximum atomic E-state index is 13.4. The average Bonchev–Trinajstić information content (AvgIpc) is 2.95. The highest BCUT2D eigenvalue weighted by atomic mass is 19.1. The van der Waals surface area contributed by atoms with Crippen LogP contribution in [0.2, 0.25) is 0 Å². The molecule has 2 aromatic carbocycles. The van der Waals surface area contributed by atoms with E-state index in [1.54, 1.807) is 12.1 Å². The molecule has 5 heteroatoms. The highest BCUT2D eigenvalue weighted by Gasteiger charge is 2.41. The van der Waals surface area contributed by atoms with Crippen LogP contribution in [0.3, 0.4) is 0 Å². The van der Waals surface area contributed by atoms with Crippen LogP contribution in [0.25, 0.3) is 0 Å². The van der Waals surface area contributed by atoms with Crippen molar-refractivity contribution in [3.8, 4) is 0 Å². The van der Waals surface area contributed by atoms with Crippen LogP contribution >= 0.6 is 0 Å². The van der Waals surface area contributed by atoms with Crippen LogP contribution in [0.1, 0.15) is 35.1 Å². The van der Waals surface area contributed by atoms with Crippen molar-refractivity contribution < 1.29 is 9.13 Å². The van der Waals surface area contributed by atoms with Gasteiger partial charge in [-0.05, 0) is 67.9 Å². The lowest BCUT2D eigenvalue weighted by atomic mass is 9.81. The number of nitrogens with zero attached hydrogens (tertiary/aromatic N) is 2. The molecule has 0 saturated heterocycles. The number of rotatable bonds is 7. The molecule has 1 atom stereocenters. The Kier molecular flexibility index (Phi) is 5.25. The van der Waals surface area contributed by atoms with E-state index >= 15 is 0 Å². The standard InChI is InChI=1S/C20H23FN2O2/c1-23(2)11-3-10-20(17-5-7-18(21)8-6-17)19-9-4-15(13-22-24)12-16(19)14-25-20/h4-9,12H,3,10-11,13-14H2,1-2H3. The predicted molar refractivity (Wildman–Crippen MR) is 95.7 cm³/mol. The predicted octanol–water partition coefficient (Wildman–Crippen LogP) is 4.21. The first kappa shape index (κ1) is 17.7. The highest BCUT2D eigenvalue weighted by molar-refractivity contribution is 5.45. The smallest absolute Gasteiger partial charge is 0.123 e. The lowest BCUT2D eigenvalue weighted by molar-refractivity contribution is -0.0140. The molecule has 1 aliphatic rings. The summed E-state index contributed by atoms with van der Waals surface area (Å²) < 4.78 is 19.7. The van der Waals surface area contributed by atoms with E-state index in [1.165, 1.54) is 12.1 Å². The quantitative estimate of drug-likeness (QED) is 0.708. The summed E-state index contributed by atoms with van der Waals surface area (Å²) in [4.78, 5) is 12.7. The molecule has 25 heavy (non-hydrogen) atoms. The van der Waals surface area contributed by atoms with Crippen LogP contribution in [-0.4, -0.2) is 25.5 Å². The van der Waals surface area contributed by atoms with Crippen LogP contribution in [0.5, 0.6) is 0 Å². The number of benzene rings is 2. The summed E-state index contributed by atoms with van der Waals surface area (Å²) in [6.45, 7) is 1.60. The van der Waals surface area contributed by atoms with E-state index in [2.05, 4.69) is 10.1 Å². The van der Waals surface area contributed by atoms with E-state index in [0.717, 1.165) is 41.6 Å². The molecule has 0 spiro atoms. The molecule has 0 radical (unpaired) electrons. The Balaban J connectivity index is 1.99. The van der Waals surface area contributed by atoms with Crippen molar-refractivity contribution in [1.82, 2.24) is 4.90 Å². The monoisotopic (exact) mass is 342 g/mol. The van der Waals surface area contributed by atoms with E-state index < -0.39 is 5.60 Å². The Morgan fingerprint density at radius 1 is 1.20 bits per heavy atom. The van der Waals surface area contributed by atoms with Crippen molar-refractivity contribution in [2.75, 3.05) is 20.6 Å². The van der Waals surface area contributed by atoms with Crippen molar-refractivity contribution >= 4 is 0 Å². The molecule has 0 amide bonds. The molecule has 0 aromatic heterocycles. The fourth-order valence-corrected chi connectivity index (χ4v) is 3.57. The normalized spacial score (nSPS) is 19.2. The summed E-state index contributed by atoms with van der Waals surface area (Å²) in [5.41, 5.74) is 3.47. The largest absolute Gasteiger partial charge is 0.361 e. The summed E-state index contributed by atoms with van der Waals surface area (Å²) in [7, 11) is 4.10. The second-order valence-corrected chi connectivity index (χ2v) is 6.81. The van der Waals surface area contributed by atoms with E-state index in [9.17, 15) is 9.30 Å². The number of hydrogen-bond acceptors (Lipinski definition) is 4. The minimum atomic E-state index is -0.563. The third kappa shape index (κ3) is 3.62. The van der Waals surface area contributed by atoms with Gasteiger partial charge in [0.25, 0.3) is 0 Å². The van der Waals surface area contributed by atoms with Crippen molar-refractivity contribution in [1.29, 1.82) is 0 Å². The van der Waals surface area contributed by atoms with Gasteiger partial charge in [-0.1, -0.05) is 35.5 Å². The topological polar surface area (TPSA) is 41.9 Å². The lowest BCUT2D eigenvalue weighted by Gasteiger charge is -2.31. The molecule has 1 unspecified atom stereocenters. The van der Waals surface area contributed by atoms with Gasteiger partial charge in [-0.25, -0.2) is 4.39 Å². The minimum absolute atomic E-state index is 0.164. The third-order valence-electron chi connectivity index (χ3n) is 4.77. The summed E-state index contributed by atoms with van der Waals surface area (Å²) in [6.07, 6.45) is 1.77. The van der Waals surface area contributed by atoms with Gasteiger partial charge in [0.2, 0.25) is 0 Å². The number of nitroso groups, excluding NO2 is 1. The molecule has 1 aliphatic heterocycles. The summed E-state index contributed by atoms with van der Waals surface area (Å²) in [6, 6.07) is 12.5. The van der Waals surface area contributed by atoms with Crippen molar-refractivity contribution in [3.63, 3.8) is 0 Å². The van der Waals surface area contributed by atoms with Gasteiger partial charge < -0.3 is 9.64 Å². The Hall–Kier alpha value is -2.11. The van der Waals surface area contributed by atoms with Gasteiger partial charge in [-0.15, -0.1) is 0 Å². The molecule has 0 bridgehead atoms.